The molecule has 2 aromatic carbocycles. The Bertz CT molecular complexity index is 1020. The summed E-state index contributed by atoms with van der Waals surface area (Å²) < 4.78 is 2.62. The number of ketones is 1. The van der Waals surface area contributed by atoms with Crippen molar-refractivity contribution in [3.63, 3.8) is 0 Å². The number of hydrogen-bond acceptors (Lipinski definition) is 2. The third-order valence-corrected chi connectivity index (χ3v) is 4.89. The number of carbonyl (C=O) groups is 1. The van der Waals surface area contributed by atoms with Gasteiger partial charge in [-0.15, -0.1) is 0 Å². The van der Waals surface area contributed by atoms with E-state index in [0.717, 1.165) is 11.3 Å². The third kappa shape index (κ3) is 4.50. The highest BCUT2D eigenvalue weighted by Gasteiger charge is 2.13. The molecule has 0 N–H and O–H groups in total. The van der Waals surface area contributed by atoms with Crippen molar-refractivity contribution in [1.29, 1.82) is 0 Å². The van der Waals surface area contributed by atoms with Gasteiger partial charge in [0.2, 0.25) is 0 Å². The molecule has 0 fully saturated rings. The van der Waals surface area contributed by atoms with Crippen LogP contribution in [0.4, 0.5) is 0 Å². The Hall–Kier alpha value is -2.78. The Balaban J connectivity index is 1.84. The molecule has 0 saturated carbocycles. The molecule has 3 rings (SSSR count). The molecule has 0 aliphatic carbocycles. The number of benzene rings is 2. The van der Waals surface area contributed by atoms with Crippen molar-refractivity contribution in [2.45, 2.75) is 26.2 Å². The molecule has 0 saturated heterocycles. The number of carbonyl (C=O) groups excluding carboxylic acids is 1. The van der Waals surface area contributed by atoms with Crippen molar-refractivity contribution >= 4 is 24.1 Å². The van der Waals surface area contributed by atoms with Crippen molar-refractivity contribution in [3.8, 4) is 5.69 Å². The van der Waals surface area contributed by atoms with Crippen LogP contribution in [0.3, 0.4) is 0 Å². The molecule has 0 bridgehead atoms. The fourth-order valence-electron chi connectivity index (χ4n) is 2.83. The van der Waals surface area contributed by atoms with E-state index in [1.165, 1.54) is 5.56 Å². The lowest BCUT2D eigenvalue weighted by molar-refractivity contribution is 0.104. The minimum atomic E-state index is -0.0278. The molecule has 0 amide bonds. The first-order chi connectivity index (χ1) is 12.9. The number of rotatable bonds is 4. The molecule has 0 spiro atoms. The summed E-state index contributed by atoms with van der Waals surface area (Å²) in [5, 5.41) is 0. The number of pyridine rings is 1. The van der Waals surface area contributed by atoms with E-state index in [0.29, 0.717) is 10.2 Å². The Morgan fingerprint density at radius 3 is 2.22 bits per heavy atom. The number of hydrogen-bond donors (Lipinski definition) is 0. The fraction of sp³-hybridized carbons (Fsp3) is 0.167. The second-order valence-electron chi connectivity index (χ2n) is 7.50. The molecule has 1 aromatic heterocycles. The van der Waals surface area contributed by atoms with E-state index in [9.17, 15) is 4.79 Å². The molecule has 3 aromatic rings. The van der Waals surface area contributed by atoms with Crippen molar-refractivity contribution in [2.24, 2.45) is 0 Å². The highest BCUT2D eigenvalue weighted by atomic mass is 32.1. The maximum absolute atomic E-state index is 12.5. The van der Waals surface area contributed by atoms with Crippen LogP contribution < -0.4 is 0 Å². The molecule has 0 unspecified atom stereocenters. The lowest BCUT2D eigenvalue weighted by Gasteiger charge is -2.18. The van der Waals surface area contributed by atoms with Crippen molar-refractivity contribution < 1.29 is 4.79 Å². The Morgan fingerprint density at radius 1 is 0.926 bits per heavy atom. The minimum absolute atomic E-state index is 0.0278. The average Bonchev–Trinajstić information content (AvgIpc) is 2.67. The Labute approximate surface area is 165 Å². The summed E-state index contributed by atoms with van der Waals surface area (Å²) in [6, 6.07) is 21.6. The first kappa shape index (κ1) is 19.0. The zero-order valence-electron chi connectivity index (χ0n) is 15.8. The molecule has 1 heterocycles. The predicted molar refractivity (Wildman–Crippen MR) is 115 cm³/mol. The van der Waals surface area contributed by atoms with E-state index in [4.69, 9.17) is 12.2 Å². The van der Waals surface area contributed by atoms with Crippen LogP contribution in [-0.2, 0) is 5.41 Å². The molecule has 0 aliphatic rings. The third-order valence-electron chi connectivity index (χ3n) is 4.46. The molecule has 0 radical (unpaired) electrons. The summed E-state index contributed by atoms with van der Waals surface area (Å²) in [6.45, 7) is 6.48. The van der Waals surface area contributed by atoms with Gasteiger partial charge in [0, 0.05) is 23.0 Å². The van der Waals surface area contributed by atoms with E-state index in [-0.39, 0.29) is 11.2 Å². The number of nitrogens with zero attached hydrogens (tertiary/aromatic N) is 1. The van der Waals surface area contributed by atoms with Crippen LogP contribution >= 0.6 is 12.2 Å². The average molecular weight is 374 g/mol. The summed E-state index contributed by atoms with van der Waals surface area (Å²) >= 11 is 5.60. The monoisotopic (exact) mass is 373 g/mol. The van der Waals surface area contributed by atoms with Gasteiger partial charge in [-0.2, -0.15) is 0 Å². The smallest absolute Gasteiger partial charge is 0.185 e. The lowest BCUT2D eigenvalue weighted by Crippen LogP contribution is -2.11. The fourth-order valence-corrected chi connectivity index (χ4v) is 3.13. The van der Waals surface area contributed by atoms with Crippen LogP contribution in [0.1, 0.15) is 42.3 Å². The van der Waals surface area contributed by atoms with Crippen LogP contribution in [0.15, 0.2) is 79.0 Å². The van der Waals surface area contributed by atoms with Gasteiger partial charge in [0.1, 0.15) is 4.64 Å². The molecular formula is C24H23NOS. The summed E-state index contributed by atoms with van der Waals surface area (Å²) in [6.07, 6.45) is 5.32. The first-order valence-electron chi connectivity index (χ1n) is 8.96. The number of allylic oxidation sites excluding steroid dienone is 1. The molecule has 0 aliphatic heterocycles. The van der Waals surface area contributed by atoms with Gasteiger partial charge < -0.3 is 4.57 Å². The lowest BCUT2D eigenvalue weighted by atomic mass is 9.86. The van der Waals surface area contributed by atoms with E-state index in [1.807, 2.05) is 77.5 Å². The normalized spacial score (nSPS) is 11.7. The molecule has 27 heavy (non-hydrogen) atoms. The first-order valence-corrected chi connectivity index (χ1v) is 9.37. The van der Waals surface area contributed by atoms with Crippen LogP contribution in [0, 0.1) is 4.64 Å². The zero-order chi connectivity index (χ0) is 19.4. The van der Waals surface area contributed by atoms with Crippen molar-refractivity contribution in [1.82, 2.24) is 4.57 Å². The maximum atomic E-state index is 12.5. The second kappa shape index (κ2) is 7.85. The number of para-hydroxylation sites is 1. The molecule has 2 nitrogen and oxygen atoms in total. The molecule has 0 atom stereocenters. The summed E-state index contributed by atoms with van der Waals surface area (Å²) in [4.78, 5) is 12.5. The van der Waals surface area contributed by atoms with Crippen LogP contribution in [0.25, 0.3) is 11.8 Å². The van der Waals surface area contributed by atoms with Crippen molar-refractivity contribution in [3.05, 3.63) is 100 Å². The predicted octanol–water partition coefficient (Wildman–Crippen LogP) is 6.40. The van der Waals surface area contributed by atoms with Crippen LogP contribution in [-0.4, -0.2) is 10.4 Å². The van der Waals surface area contributed by atoms with E-state index in [2.05, 4.69) is 20.8 Å². The van der Waals surface area contributed by atoms with E-state index < -0.39 is 0 Å². The van der Waals surface area contributed by atoms with Gasteiger partial charge >= 0.3 is 0 Å². The highest BCUT2D eigenvalue weighted by Crippen LogP contribution is 2.22. The van der Waals surface area contributed by atoms with Gasteiger partial charge in [-0.05, 0) is 41.3 Å². The molecular weight excluding hydrogens is 350 g/mol. The summed E-state index contributed by atoms with van der Waals surface area (Å²) in [5.74, 6) is -0.0278. The quantitative estimate of drug-likeness (QED) is 0.300. The van der Waals surface area contributed by atoms with Gasteiger partial charge in [-0.1, -0.05) is 81.5 Å². The van der Waals surface area contributed by atoms with Crippen molar-refractivity contribution in [2.75, 3.05) is 0 Å². The highest BCUT2D eigenvalue weighted by molar-refractivity contribution is 7.71. The SMILES string of the molecule is CC(C)(C)c1ccc(C(=O)C=Cc2cccn(-c3ccccc3)c2=S)cc1. The van der Waals surface area contributed by atoms with Crippen LogP contribution in [0.2, 0.25) is 0 Å². The second-order valence-corrected chi connectivity index (χ2v) is 7.89. The molecule has 3 heteroatoms. The zero-order valence-corrected chi connectivity index (χ0v) is 16.7. The summed E-state index contributed by atoms with van der Waals surface area (Å²) in [5.41, 5.74) is 3.81. The van der Waals surface area contributed by atoms with Gasteiger partial charge in [-0.3, -0.25) is 4.79 Å². The minimum Gasteiger partial charge on any atom is -0.308 e. The largest absolute Gasteiger partial charge is 0.308 e. The van der Waals surface area contributed by atoms with Crippen LogP contribution in [0.5, 0.6) is 0 Å². The topological polar surface area (TPSA) is 22.0 Å². The number of aromatic nitrogens is 1. The standard InChI is InChI=1S/C24H23NOS/c1-24(2,3)20-14-11-18(12-15-20)22(26)16-13-19-8-7-17-25(23(19)27)21-9-5-4-6-10-21/h4-17H,1-3H3. The van der Waals surface area contributed by atoms with Gasteiger partial charge in [0.05, 0.1) is 0 Å². The summed E-state index contributed by atoms with van der Waals surface area (Å²) in [7, 11) is 0. The van der Waals surface area contributed by atoms with E-state index in [1.54, 1.807) is 12.2 Å². The Kier molecular flexibility index (Phi) is 5.52. The van der Waals surface area contributed by atoms with Gasteiger partial charge in [0.15, 0.2) is 5.78 Å². The van der Waals surface area contributed by atoms with Gasteiger partial charge in [0.25, 0.3) is 0 Å². The van der Waals surface area contributed by atoms with E-state index >= 15 is 0 Å². The van der Waals surface area contributed by atoms with Gasteiger partial charge in [-0.25, -0.2) is 0 Å². The molecule has 136 valence electrons. The Morgan fingerprint density at radius 2 is 1.59 bits per heavy atom. The maximum Gasteiger partial charge on any atom is 0.185 e.